The molecular formula is C73H51N5. The quantitative estimate of drug-likeness (QED) is 0.152. The number of hydrogen-bond acceptors (Lipinski definition) is 2. The standard InChI is InChI=1S/C73H51N5/c1-46-14-12-16-54(40-46)65-45-64(74-73(75-65)55-17-13-15-47(2)41-55)52-32-30-50(31-33-52)49-26-28-51(29-27-49)53-34-37-66(48(3)42-53)78-71-38-35-56(76-67-22-8-4-18-58(67)59-19-5-9-23-68(59)76)43-62(71)63-44-57(36-39-72(63)78)77-69-24-10-6-20-60(69)61-21-7-11-25-70(61)77/h4-45H,1-3H3. The molecule has 0 saturated carbocycles. The molecule has 0 saturated heterocycles. The second kappa shape index (κ2) is 18.0. The number of fused-ring (bicyclic) bond motifs is 9. The first-order chi connectivity index (χ1) is 38.4. The Morgan fingerprint density at radius 1 is 0.256 bits per heavy atom. The third-order valence-corrected chi connectivity index (χ3v) is 15.9. The molecule has 15 rings (SSSR count). The van der Waals surface area contributed by atoms with E-state index in [1.807, 2.05) is 0 Å². The molecule has 0 radical (unpaired) electrons. The molecule has 4 heterocycles. The Morgan fingerprint density at radius 3 is 1.13 bits per heavy atom. The van der Waals surface area contributed by atoms with Crippen LogP contribution in [0.15, 0.2) is 255 Å². The van der Waals surface area contributed by atoms with Gasteiger partial charge in [0.25, 0.3) is 0 Å². The zero-order valence-corrected chi connectivity index (χ0v) is 43.5. The van der Waals surface area contributed by atoms with Crippen molar-refractivity contribution in [2.75, 3.05) is 0 Å². The van der Waals surface area contributed by atoms with Crippen LogP contribution in [-0.4, -0.2) is 23.7 Å². The van der Waals surface area contributed by atoms with Gasteiger partial charge in [0, 0.05) is 66.1 Å². The molecule has 4 aromatic heterocycles. The van der Waals surface area contributed by atoms with Crippen molar-refractivity contribution in [3.8, 4) is 73.2 Å². The third kappa shape index (κ3) is 7.46. The van der Waals surface area contributed by atoms with E-state index >= 15 is 0 Å². The van der Waals surface area contributed by atoms with Crippen molar-refractivity contribution in [3.63, 3.8) is 0 Å². The maximum absolute atomic E-state index is 5.12. The maximum Gasteiger partial charge on any atom is 0.160 e. The summed E-state index contributed by atoms with van der Waals surface area (Å²) in [6, 6.07) is 92.8. The zero-order chi connectivity index (χ0) is 52.0. The zero-order valence-electron chi connectivity index (χ0n) is 43.5. The Morgan fingerprint density at radius 2 is 0.654 bits per heavy atom. The molecule has 0 N–H and O–H groups in total. The summed E-state index contributed by atoms with van der Waals surface area (Å²) in [7, 11) is 0. The first kappa shape index (κ1) is 45.3. The molecule has 0 aliphatic carbocycles. The number of nitrogens with zero attached hydrogens (tertiary/aromatic N) is 5. The van der Waals surface area contributed by atoms with E-state index in [-0.39, 0.29) is 0 Å². The molecule has 0 aliphatic heterocycles. The lowest BCUT2D eigenvalue weighted by molar-refractivity contribution is 1.14. The van der Waals surface area contributed by atoms with E-state index in [0.29, 0.717) is 0 Å². The van der Waals surface area contributed by atoms with Gasteiger partial charge in [-0.1, -0.05) is 175 Å². The molecule has 11 aromatic carbocycles. The molecule has 0 bridgehead atoms. The number of aryl methyl sites for hydroxylation is 3. The van der Waals surface area contributed by atoms with Gasteiger partial charge in [0.2, 0.25) is 0 Å². The monoisotopic (exact) mass is 997 g/mol. The second-order valence-corrected chi connectivity index (χ2v) is 20.8. The van der Waals surface area contributed by atoms with Gasteiger partial charge < -0.3 is 13.7 Å². The molecule has 5 nitrogen and oxygen atoms in total. The van der Waals surface area contributed by atoms with Crippen molar-refractivity contribution < 1.29 is 0 Å². The van der Waals surface area contributed by atoms with Crippen LogP contribution in [0, 0.1) is 20.8 Å². The van der Waals surface area contributed by atoms with Crippen LogP contribution in [-0.2, 0) is 0 Å². The Bertz CT molecular complexity index is 4530. The van der Waals surface area contributed by atoms with E-state index in [4.69, 9.17) is 9.97 Å². The first-order valence-corrected chi connectivity index (χ1v) is 26.8. The molecule has 368 valence electrons. The van der Waals surface area contributed by atoms with Crippen LogP contribution >= 0.6 is 0 Å². The van der Waals surface area contributed by atoms with Gasteiger partial charge in [0.05, 0.1) is 44.5 Å². The van der Waals surface area contributed by atoms with Gasteiger partial charge in [0.1, 0.15) is 0 Å². The van der Waals surface area contributed by atoms with E-state index < -0.39 is 0 Å². The SMILES string of the molecule is Cc1cccc(-c2cc(-c3ccc(-c4ccc(-c5ccc(-n6c7ccc(-n8c9ccccc9c9ccccc98)cc7c7cc(-n8c9ccccc9c9ccccc98)ccc76)c(C)c5)cc4)cc3)nc(-c3cccc(C)c3)n2)c1. The number of aromatic nitrogens is 5. The van der Waals surface area contributed by atoms with Gasteiger partial charge in [-0.3, -0.25) is 0 Å². The van der Waals surface area contributed by atoms with Gasteiger partial charge in [-0.05, 0) is 140 Å². The predicted octanol–water partition coefficient (Wildman–Crippen LogP) is 19.0. The Labute approximate surface area is 452 Å². The fraction of sp³-hybridized carbons (Fsp3) is 0.0411. The summed E-state index contributed by atoms with van der Waals surface area (Å²) in [5.74, 6) is 0.723. The van der Waals surface area contributed by atoms with Crippen molar-refractivity contribution in [2.45, 2.75) is 20.8 Å². The van der Waals surface area contributed by atoms with E-state index in [1.165, 1.54) is 93.2 Å². The van der Waals surface area contributed by atoms with Crippen molar-refractivity contribution in [2.24, 2.45) is 0 Å². The first-order valence-electron chi connectivity index (χ1n) is 26.8. The Kier molecular flexibility index (Phi) is 10.5. The van der Waals surface area contributed by atoms with Gasteiger partial charge >= 0.3 is 0 Å². The van der Waals surface area contributed by atoms with Gasteiger partial charge in [0.15, 0.2) is 5.82 Å². The molecule has 0 spiro atoms. The fourth-order valence-electron chi connectivity index (χ4n) is 12.2. The summed E-state index contributed by atoms with van der Waals surface area (Å²) in [5.41, 5.74) is 23.7. The highest BCUT2D eigenvalue weighted by molar-refractivity contribution is 6.14. The van der Waals surface area contributed by atoms with Crippen LogP contribution in [0.1, 0.15) is 16.7 Å². The highest BCUT2D eigenvalue weighted by Gasteiger charge is 2.20. The Balaban J connectivity index is 0.797. The highest BCUT2D eigenvalue weighted by Crippen LogP contribution is 2.41. The van der Waals surface area contributed by atoms with Crippen molar-refractivity contribution >= 4 is 65.4 Å². The summed E-state index contributed by atoms with van der Waals surface area (Å²) < 4.78 is 7.32. The average Bonchev–Trinajstić information content (AvgIpc) is 4.23. The molecule has 0 unspecified atom stereocenters. The van der Waals surface area contributed by atoms with Crippen molar-refractivity contribution in [3.05, 3.63) is 271 Å². The highest BCUT2D eigenvalue weighted by atomic mass is 15.0. The lowest BCUT2D eigenvalue weighted by atomic mass is 9.97. The van der Waals surface area contributed by atoms with Crippen LogP contribution in [0.4, 0.5) is 0 Å². The summed E-state index contributed by atoms with van der Waals surface area (Å²) >= 11 is 0. The molecule has 0 aliphatic rings. The van der Waals surface area contributed by atoms with Crippen molar-refractivity contribution in [1.82, 2.24) is 23.7 Å². The van der Waals surface area contributed by atoms with Crippen LogP contribution < -0.4 is 0 Å². The number of para-hydroxylation sites is 4. The van der Waals surface area contributed by atoms with E-state index in [9.17, 15) is 0 Å². The third-order valence-electron chi connectivity index (χ3n) is 15.9. The lowest BCUT2D eigenvalue weighted by Gasteiger charge is -2.14. The average molecular weight is 998 g/mol. The van der Waals surface area contributed by atoms with E-state index in [2.05, 4.69) is 289 Å². The molecule has 78 heavy (non-hydrogen) atoms. The van der Waals surface area contributed by atoms with Crippen LogP contribution in [0.25, 0.3) is 139 Å². The number of benzene rings is 11. The predicted molar refractivity (Wildman–Crippen MR) is 326 cm³/mol. The van der Waals surface area contributed by atoms with Gasteiger partial charge in [-0.2, -0.15) is 0 Å². The van der Waals surface area contributed by atoms with Gasteiger partial charge in [-0.15, -0.1) is 0 Å². The second-order valence-electron chi connectivity index (χ2n) is 20.8. The minimum atomic E-state index is 0.723. The summed E-state index contributed by atoms with van der Waals surface area (Å²) in [6.07, 6.45) is 0. The molecule has 0 amide bonds. The van der Waals surface area contributed by atoms with Crippen LogP contribution in [0.5, 0.6) is 0 Å². The molecule has 5 heteroatoms. The van der Waals surface area contributed by atoms with E-state index in [1.54, 1.807) is 0 Å². The minimum Gasteiger partial charge on any atom is -0.309 e. The molecule has 15 aromatic rings. The normalized spacial score (nSPS) is 11.8. The van der Waals surface area contributed by atoms with Crippen LogP contribution in [0.2, 0.25) is 0 Å². The van der Waals surface area contributed by atoms with E-state index in [0.717, 1.165) is 62.1 Å². The van der Waals surface area contributed by atoms with Gasteiger partial charge in [-0.25, -0.2) is 9.97 Å². The smallest absolute Gasteiger partial charge is 0.160 e. The number of rotatable bonds is 8. The van der Waals surface area contributed by atoms with Crippen molar-refractivity contribution in [1.29, 1.82) is 0 Å². The number of hydrogen-bond donors (Lipinski definition) is 0. The topological polar surface area (TPSA) is 40.6 Å². The maximum atomic E-state index is 5.12. The lowest BCUT2D eigenvalue weighted by Crippen LogP contribution is -1.98. The Hall–Kier alpha value is -10.1. The minimum absolute atomic E-state index is 0.723. The molecule has 0 fully saturated rings. The summed E-state index contributed by atoms with van der Waals surface area (Å²) in [4.78, 5) is 10.2. The summed E-state index contributed by atoms with van der Waals surface area (Å²) in [5, 5.41) is 7.42. The molecular weight excluding hydrogens is 947 g/mol. The van der Waals surface area contributed by atoms with Crippen LogP contribution in [0.3, 0.4) is 0 Å². The molecule has 0 atom stereocenters. The fourth-order valence-corrected chi connectivity index (χ4v) is 12.2. The summed E-state index contributed by atoms with van der Waals surface area (Å²) in [6.45, 7) is 6.47. The largest absolute Gasteiger partial charge is 0.309 e.